The van der Waals surface area contributed by atoms with E-state index < -0.39 is 49.5 Å². The van der Waals surface area contributed by atoms with E-state index in [9.17, 15) is 28.8 Å². The number of hydrogen-bond donors (Lipinski definition) is 6. The summed E-state index contributed by atoms with van der Waals surface area (Å²) in [7, 11) is -4.73. The van der Waals surface area contributed by atoms with Gasteiger partial charge in [0.25, 0.3) is 0 Å². The fourth-order valence-electron chi connectivity index (χ4n) is 3.37. The summed E-state index contributed by atoms with van der Waals surface area (Å²) in [5, 5.41) is 17.2. The molecular weight excluding hydrogens is 493 g/mol. The van der Waals surface area contributed by atoms with Gasteiger partial charge in [0.1, 0.15) is 11.8 Å². The lowest BCUT2D eigenvalue weighted by Crippen LogP contribution is -2.57. The lowest BCUT2D eigenvalue weighted by molar-refractivity contribution is -0.143. The first-order valence-corrected chi connectivity index (χ1v) is 13.2. The molecule has 0 heterocycles. The van der Waals surface area contributed by atoms with E-state index >= 15 is 0 Å². The van der Waals surface area contributed by atoms with Gasteiger partial charge in [-0.3, -0.25) is 24.2 Å². The van der Waals surface area contributed by atoms with Crippen LogP contribution in [0.5, 0.6) is 5.75 Å². The van der Waals surface area contributed by atoms with Crippen LogP contribution in [-0.2, 0) is 23.7 Å². The molecule has 0 aromatic heterocycles. The third kappa shape index (κ3) is 11.7. The molecule has 13 heteroatoms. The molecule has 0 aliphatic carbocycles. The van der Waals surface area contributed by atoms with Gasteiger partial charge >= 0.3 is 13.8 Å². The zero-order valence-corrected chi connectivity index (χ0v) is 21.8. The Morgan fingerprint density at radius 2 is 1.67 bits per heavy atom. The summed E-state index contributed by atoms with van der Waals surface area (Å²) in [5.74, 6) is -3.52. The van der Waals surface area contributed by atoms with Gasteiger partial charge in [0.05, 0.1) is 12.0 Å². The number of carboxylic acid groups (broad SMARTS) is 1. The van der Waals surface area contributed by atoms with Gasteiger partial charge in [0.2, 0.25) is 17.7 Å². The van der Waals surface area contributed by atoms with E-state index in [4.69, 9.17) is 9.79 Å². The van der Waals surface area contributed by atoms with Crippen LogP contribution in [0.2, 0.25) is 0 Å². The van der Waals surface area contributed by atoms with Crippen molar-refractivity contribution in [2.45, 2.75) is 71.4 Å². The van der Waals surface area contributed by atoms with E-state index in [2.05, 4.69) is 34.3 Å². The highest BCUT2D eigenvalue weighted by molar-refractivity contribution is 7.46. The van der Waals surface area contributed by atoms with Crippen molar-refractivity contribution in [1.29, 1.82) is 0 Å². The van der Waals surface area contributed by atoms with Crippen LogP contribution in [0, 0.1) is 5.92 Å². The molecule has 36 heavy (non-hydrogen) atoms. The Morgan fingerprint density at radius 3 is 2.17 bits per heavy atom. The Kier molecular flexibility index (Phi) is 12.6. The highest BCUT2D eigenvalue weighted by Gasteiger charge is 2.33. The molecule has 0 spiro atoms. The molecule has 1 rings (SSSR count). The fourth-order valence-corrected chi connectivity index (χ4v) is 3.77. The van der Waals surface area contributed by atoms with Crippen molar-refractivity contribution in [3.63, 3.8) is 0 Å². The Balaban J connectivity index is 2.94. The maximum absolute atomic E-state index is 12.9. The number of amides is 3. The Hall–Kier alpha value is -2.95. The van der Waals surface area contributed by atoms with Crippen LogP contribution in [0.25, 0.3) is 0 Å². The first-order valence-electron chi connectivity index (χ1n) is 11.7. The molecule has 3 amide bonds. The molecule has 0 aliphatic heterocycles. The van der Waals surface area contributed by atoms with Gasteiger partial charge in [-0.2, -0.15) is 0 Å². The van der Waals surface area contributed by atoms with Gasteiger partial charge in [-0.05, 0) is 43.4 Å². The summed E-state index contributed by atoms with van der Waals surface area (Å²) in [6, 6.07) is 2.64. The highest BCUT2D eigenvalue weighted by atomic mass is 31.2. The molecule has 0 radical (unpaired) electrons. The molecule has 0 saturated heterocycles. The molecule has 4 atom stereocenters. The average molecular weight is 530 g/mol. The van der Waals surface area contributed by atoms with Crippen LogP contribution in [0.15, 0.2) is 24.3 Å². The third-order valence-corrected chi connectivity index (χ3v) is 6.10. The number of rotatable bonds is 15. The van der Waals surface area contributed by atoms with Crippen LogP contribution in [0.1, 0.15) is 64.9 Å². The van der Waals surface area contributed by atoms with E-state index in [1.807, 2.05) is 0 Å². The Bertz CT molecular complexity index is 949. The van der Waals surface area contributed by atoms with Gasteiger partial charge < -0.3 is 25.6 Å². The monoisotopic (exact) mass is 529 g/mol. The molecule has 4 unspecified atom stereocenters. The zero-order chi connectivity index (χ0) is 27.5. The fraction of sp³-hybridized carbons (Fsp3) is 0.565. The van der Waals surface area contributed by atoms with Crippen LogP contribution in [-0.4, -0.2) is 57.2 Å². The van der Waals surface area contributed by atoms with E-state index in [0.29, 0.717) is 18.0 Å². The van der Waals surface area contributed by atoms with Crippen molar-refractivity contribution in [1.82, 2.24) is 16.0 Å². The van der Waals surface area contributed by atoms with Crippen molar-refractivity contribution in [2.75, 3.05) is 6.54 Å². The highest BCUT2D eigenvalue weighted by Crippen LogP contribution is 2.37. The van der Waals surface area contributed by atoms with E-state index in [-0.39, 0.29) is 12.2 Å². The van der Waals surface area contributed by atoms with Crippen LogP contribution in [0.4, 0.5) is 0 Å². The SMILES string of the molecule is CCC(C)CCCNC(=O)CC(NC(=O)C(C)c1ccc(OP(=O)(O)O)cc1)C(NC(C)=O)C(=O)O. The minimum absolute atomic E-state index is 0.0980. The number of hydrogen-bond acceptors (Lipinski definition) is 6. The first-order chi connectivity index (χ1) is 16.7. The molecule has 1 aromatic rings. The number of phosphoric acid groups is 1. The number of benzene rings is 1. The van der Waals surface area contributed by atoms with Crippen LogP contribution < -0.4 is 20.5 Å². The topological polar surface area (TPSA) is 191 Å². The van der Waals surface area contributed by atoms with Crippen LogP contribution in [0.3, 0.4) is 0 Å². The number of phosphoric ester groups is 1. The third-order valence-electron chi connectivity index (χ3n) is 5.65. The molecule has 12 nitrogen and oxygen atoms in total. The smallest absolute Gasteiger partial charge is 0.480 e. The lowest BCUT2D eigenvalue weighted by Gasteiger charge is -2.26. The molecule has 0 saturated carbocycles. The summed E-state index contributed by atoms with van der Waals surface area (Å²) in [5.41, 5.74) is 0.449. The quantitative estimate of drug-likeness (QED) is 0.145. The molecule has 1 aromatic carbocycles. The van der Waals surface area contributed by atoms with Crippen molar-refractivity contribution in [2.24, 2.45) is 5.92 Å². The molecule has 0 aliphatic rings. The minimum atomic E-state index is -4.73. The van der Waals surface area contributed by atoms with E-state index in [0.717, 1.165) is 26.2 Å². The first kappa shape index (κ1) is 31.1. The number of carbonyl (C=O) groups is 4. The molecule has 0 fully saturated rings. The molecule has 6 N–H and O–H groups in total. The summed E-state index contributed by atoms with van der Waals surface area (Å²) in [4.78, 5) is 66.6. The normalized spacial score (nSPS) is 14.6. The number of carbonyl (C=O) groups excluding carboxylic acids is 3. The largest absolute Gasteiger partial charge is 0.524 e. The zero-order valence-electron chi connectivity index (χ0n) is 20.9. The summed E-state index contributed by atoms with van der Waals surface area (Å²) < 4.78 is 15.4. The Labute approximate surface area is 210 Å². The van der Waals surface area contributed by atoms with E-state index in [1.165, 1.54) is 31.2 Å². The predicted molar refractivity (Wildman–Crippen MR) is 131 cm³/mol. The maximum atomic E-state index is 12.9. The standard InChI is InChI=1S/C23H36N3O9P/c1-5-14(2)7-6-12-24-20(28)13-19(21(23(30)31)25-16(4)27)26-22(29)15(3)17-8-10-18(11-9-17)35-36(32,33)34/h8-11,14-15,19,21H,5-7,12-13H2,1-4H3,(H,24,28)(H,25,27)(H,26,29)(H,30,31)(H2,32,33,34). The predicted octanol–water partition coefficient (Wildman–Crippen LogP) is 1.67. The van der Waals surface area contributed by atoms with Gasteiger partial charge in [-0.15, -0.1) is 0 Å². The second-order valence-electron chi connectivity index (χ2n) is 8.71. The Morgan fingerprint density at radius 1 is 1.06 bits per heavy atom. The second-order valence-corrected chi connectivity index (χ2v) is 9.88. The maximum Gasteiger partial charge on any atom is 0.524 e. The van der Waals surface area contributed by atoms with Crippen LogP contribution >= 0.6 is 7.82 Å². The van der Waals surface area contributed by atoms with Crippen molar-refractivity contribution in [3.8, 4) is 5.75 Å². The van der Waals surface area contributed by atoms with Crippen molar-refractivity contribution in [3.05, 3.63) is 29.8 Å². The number of nitrogens with one attached hydrogen (secondary N) is 3. The minimum Gasteiger partial charge on any atom is -0.480 e. The number of carboxylic acids is 1. The van der Waals surface area contributed by atoms with Gasteiger partial charge in [-0.1, -0.05) is 32.4 Å². The van der Waals surface area contributed by atoms with Crippen molar-refractivity contribution < 1.29 is 43.2 Å². The van der Waals surface area contributed by atoms with Crippen molar-refractivity contribution >= 4 is 31.5 Å². The second kappa shape index (κ2) is 14.6. The van der Waals surface area contributed by atoms with Gasteiger partial charge in [0, 0.05) is 19.9 Å². The summed E-state index contributed by atoms with van der Waals surface area (Å²) in [6.07, 6.45) is 2.34. The summed E-state index contributed by atoms with van der Waals surface area (Å²) >= 11 is 0. The van der Waals surface area contributed by atoms with Gasteiger partial charge in [0.15, 0.2) is 0 Å². The average Bonchev–Trinajstić information content (AvgIpc) is 2.78. The van der Waals surface area contributed by atoms with E-state index in [1.54, 1.807) is 0 Å². The molecule has 0 bridgehead atoms. The number of aliphatic carboxylic acids is 1. The lowest BCUT2D eigenvalue weighted by atomic mass is 9.97. The summed E-state index contributed by atoms with van der Waals surface area (Å²) in [6.45, 7) is 7.26. The molecule has 202 valence electrons. The molecular formula is C23H36N3O9P. The van der Waals surface area contributed by atoms with Gasteiger partial charge in [-0.25, -0.2) is 9.36 Å².